The summed E-state index contributed by atoms with van der Waals surface area (Å²) in [5.41, 5.74) is -0.254. The Hall–Kier alpha value is 0.0700. The van der Waals surface area contributed by atoms with Crippen LogP contribution in [0.25, 0.3) is 0 Å². The molecule has 0 aromatic carbocycles. The Kier molecular flexibility index (Phi) is 5.26. The molecular formula is C9H18ClF2NO. The van der Waals surface area contributed by atoms with Crippen LogP contribution in [-0.4, -0.2) is 30.2 Å². The molecule has 1 rings (SSSR count). The van der Waals surface area contributed by atoms with Crippen LogP contribution < -0.4 is 5.32 Å². The van der Waals surface area contributed by atoms with Crippen molar-refractivity contribution in [2.45, 2.75) is 43.6 Å². The highest BCUT2D eigenvalue weighted by Gasteiger charge is 2.41. The third-order valence-electron chi connectivity index (χ3n) is 3.06. The first-order chi connectivity index (χ1) is 6.04. The number of rotatable bonds is 3. The maximum absolute atomic E-state index is 12.8. The van der Waals surface area contributed by atoms with E-state index in [0.717, 1.165) is 0 Å². The molecular weight excluding hydrogens is 212 g/mol. The molecule has 86 valence electrons. The third-order valence-corrected chi connectivity index (χ3v) is 3.06. The summed E-state index contributed by atoms with van der Waals surface area (Å²) in [6, 6.07) is 0. The minimum atomic E-state index is -2.49. The zero-order valence-corrected chi connectivity index (χ0v) is 9.17. The Morgan fingerprint density at radius 1 is 1.21 bits per heavy atom. The summed E-state index contributed by atoms with van der Waals surface area (Å²) in [6.07, 6.45) is 1.36. The summed E-state index contributed by atoms with van der Waals surface area (Å²) in [4.78, 5) is 0. The molecule has 0 radical (unpaired) electrons. The zero-order valence-electron chi connectivity index (χ0n) is 8.35. The first-order valence-electron chi connectivity index (χ1n) is 4.71. The fourth-order valence-corrected chi connectivity index (χ4v) is 1.93. The molecule has 2 N–H and O–H groups in total. The van der Waals surface area contributed by atoms with Gasteiger partial charge in [0, 0.05) is 25.0 Å². The molecule has 0 heterocycles. The zero-order chi connectivity index (χ0) is 9.95. The molecule has 14 heavy (non-hydrogen) atoms. The Morgan fingerprint density at radius 2 is 1.71 bits per heavy atom. The molecule has 0 bridgehead atoms. The van der Waals surface area contributed by atoms with Gasteiger partial charge in [-0.15, -0.1) is 12.4 Å². The Morgan fingerprint density at radius 3 is 2.07 bits per heavy atom. The van der Waals surface area contributed by atoms with Crippen LogP contribution >= 0.6 is 12.4 Å². The van der Waals surface area contributed by atoms with Crippen LogP contribution in [0.4, 0.5) is 8.78 Å². The smallest absolute Gasteiger partial charge is 0.248 e. The van der Waals surface area contributed by atoms with Gasteiger partial charge in [0.15, 0.2) is 0 Å². The van der Waals surface area contributed by atoms with Crippen LogP contribution in [0.1, 0.15) is 32.1 Å². The van der Waals surface area contributed by atoms with E-state index in [1.807, 2.05) is 0 Å². The lowest BCUT2D eigenvalue weighted by atomic mass is 9.78. The van der Waals surface area contributed by atoms with Crippen molar-refractivity contribution < 1.29 is 13.9 Å². The van der Waals surface area contributed by atoms with E-state index in [0.29, 0.717) is 19.3 Å². The van der Waals surface area contributed by atoms with Crippen LogP contribution in [0.5, 0.6) is 0 Å². The minimum absolute atomic E-state index is 0. The highest BCUT2D eigenvalue weighted by Crippen LogP contribution is 2.39. The topological polar surface area (TPSA) is 32.3 Å². The summed E-state index contributed by atoms with van der Waals surface area (Å²) >= 11 is 0. The average Bonchev–Trinajstić information content (AvgIpc) is 2.10. The van der Waals surface area contributed by atoms with Gasteiger partial charge in [0.25, 0.3) is 0 Å². The highest BCUT2D eigenvalue weighted by atomic mass is 35.5. The average molecular weight is 230 g/mol. The second kappa shape index (κ2) is 5.24. The van der Waals surface area contributed by atoms with E-state index in [1.54, 1.807) is 7.05 Å². The number of alkyl halides is 2. The van der Waals surface area contributed by atoms with Gasteiger partial charge in [0.05, 0.1) is 0 Å². The van der Waals surface area contributed by atoms with Crippen molar-refractivity contribution in [1.29, 1.82) is 0 Å². The number of halogens is 3. The number of hydrogen-bond donors (Lipinski definition) is 2. The van der Waals surface area contributed by atoms with Crippen LogP contribution in [-0.2, 0) is 0 Å². The van der Waals surface area contributed by atoms with Crippen molar-refractivity contribution in [1.82, 2.24) is 5.32 Å². The fraction of sp³-hybridized carbons (Fsp3) is 1.00. The summed E-state index contributed by atoms with van der Waals surface area (Å²) in [5.74, 6) is -2.49. The lowest BCUT2D eigenvalue weighted by Crippen LogP contribution is -2.48. The molecule has 1 saturated carbocycles. The predicted octanol–water partition coefficient (Wildman–Crippen LogP) is 1.96. The normalized spacial score (nSPS) is 24.0. The van der Waals surface area contributed by atoms with Crippen LogP contribution in [0.2, 0.25) is 0 Å². The quantitative estimate of drug-likeness (QED) is 0.776. The first-order valence-corrected chi connectivity index (χ1v) is 4.71. The molecule has 0 aromatic heterocycles. The van der Waals surface area contributed by atoms with Gasteiger partial charge in [-0.1, -0.05) is 0 Å². The molecule has 1 aliphatic carbocycles. The van der Waals surface area contributed by atoms with E-state index in [9.17, 15) is 8.78 Å². The van der Waals surface area contributed by atoms with Gasteiger partial charge in [-0.3, -0.25) is 0 Å². The maximum atomic E-state index is 12.8. The van der Waals surface area contributed by atoms with E-state index in [1.165, 1.54) is 0 Å². The molecule has 2 nitrogen and oxygen atoms in total. The number of aliphatic hydroxyl groups is 1. The summed E-state index contributed by atoms with van der Waals surface area (Å²) < 4.78 is 25.7. The molecule has 0 atom stereocenters. The molecule has 0 unspecified atom stereocenters. The fourth-order valence-electron chi connectivity index (χ4n) is 1.93. The van der Waals surface area contributed by atoms with Gasteiger partial charge >= 0.3 is 0 Å². The third kappa shape index (κ3) is 3.33. The SMILES string of the molecule is CNC1(CCO)CCC(F)(F)CC1.Cl. The van der Waals surface area contributed by atoms with Crippen molar-refractivity contribution in [3.8, 4) is 0 Å². The van der Waals surface area contributed by atoms with Crippen LogP contribution in [0.3, 0.4) is 0 Å². The minimum Gasteiger partial charge on any atom is -0.396 e. The molecule has 1 aliphatic rings. The lowest BCUT2D eigenvalue weighted by Gasteiger charge is -2.39. The van der Waals surface area contributed by atoms with Gasteiger partial charge < -0.3 is 10.4 Å². The van der Waals surface area contributed by atoms with Crippen molar-refractivity contribution in [2.75, 3.05) is 13.7 Å². The van der Waals surface area contributed by atoms with Crippen LogP contribution in [0, 0.1) is 0 Å². The predicted molar refractivity (Wildman–Crippen MR) is 54.2 cm³/mol. The molecule has 0 spiro atoms. The maximum Gasteiger partial charge on any atom is 0.248 e. The highest BCUT2D eigenvalue weighted by molar-refractivity contribution is 5.85. The molecule has 1 fully saturated rings. The lowest BCUT2D eigenvalue weighted by molar-refractivity contribution is -0.0579. The van der Waals surface area contributed by atoms with Crippen molar-refractivity contribution >= 4 is 12.4 Å². The first kappa shape index (κ1) is 14.1. The number of aliphatic hydroxyl groups excluding tert-OH is 1. The van der Waals surface area contributed by atoms with Gasteiger partial charge in [0.1, 0.15) is 0 Å². The molecule has 5 heteroatoms. The van der Waals surface area contributed by atoms with E-state index in [-0.39, 0.29) is 37.4 Å². The van der Waals surface area contributed by atoms with E-state index in [4.69, 9.17) is 5.11 Å². The van der Waals surface area contributed by atoms with E-state index < -0.39 is 5.92 Å². The molecule has 0 amide bonds. The summed E-state index contributed by atoms with van der Waals surface area (Å²) in [5, 5.41) is 11.9. The Labute approximate surface area is 89.5 Å². The largest absolute Gasteiger partial charge is 0.396 e. The van der Waals surface area contributed by atoms with Gasteiger partial charge in [0.2, 0.25) is 5.92 Å². The van der Waals surface area contributed by atoms with Crippen molar-refractivity contribution in [3.05, 3.63) is 0 Å². The Bertz CT molecular complexity index is 168. The molecule has 0 saturated heterocycles. The van der Waals surface area contributed by atoms with Gasteiger partial charge in [-0.2, -0.15) is 0 Å². The summed E-state index contributed by atoms with van der Waals surface area (Å²) in [7, 11) is 1.78. The monoisotopic (exact) mass is 229 g/mol. The standard InChI is InChI=1S/C9H17F2NO.ClH/c1-12-8(6-7-13)2-4-9(10,11)5-3-8;/h12-13H,2-7H2,1H3;1H. The summed E-state index contributed by atoms with van der Waals surface area (Å²) in [6.45, 7) is 0.0619. The van der Waals surface area contributed by atoms with Gasteiger partial charge in [-0.05, 0) is 26.3 Å². The van der Waals surface area contributed by atoms with Crippen molar-refractivity contribution in [3.63, 3.8) is 0 Å². The second-order valence-electron chi connectivity index (χ2n) is 3.86. The second-order valence-corrected chi connectivity index (χ2v) is 3.86. The molecule has 0 aromatic rings. The van der Waals surface area contributed by atoms with Crippen LogP contribution in [0.15, 0.2) is 0 Å². The van der Waals surface area contributed by atoms with Gasteiger partial charge in [-0.25, -0.2) is 8.78 Å². The molecule has 0 aliphatic heterocycles. The number of nitrogens with one attached hydrogen (secondary N) is 1. The van der Waals surface area contributed by atoms with Crippen molar-refractivity contribution in [2.24, 2.45) is 0 Å². The van der Waals surface area contributed by atoms with E-state index in [2.05, 4.69) is 5.32 Å². The number of hydrogen-bond acceptors (Lipinski definition) is 2. The van der Waals surface area contributed by atoms with E-state index >= 15 is 0 Å². The Balaban J connectivity index is 0.00000169.